The summed E-state index contributed by atoms with van der Waals surface area (Å²) in [6.45, 7) is 0. The minimum Gasteiger partial charge on any atom is -0.490 e. The van der Waals surface area contributed by atoms with Crippen LogP contribution in [0.4, 0.5) is 0 Å². The van der Waals surface area contributed by atoms with Crippen LogP contribution in [0.25, 0.3) is 0 Å². The van der Waals surface area contributed by atoms with Gasteiger partial charge in [0.1, 0.15) is 11.4 Å². The Kier molecular flexibility index (Phi) is 2.81. The average molecular weight is 281 g/mol. The molecule has 2 aliphatic rings. The fraction of sp³-hybridized carbons (Fsp3) is 0.333. The van der Waals surface area contributed by atoms with Crippen LogP contribution in [0.3, 0.4) is 0 Å². The smallest absolute Gasteiger partial charge is 0.120 e. The zero-order chi connectivity index (χ0) is 14.4. The van der Waals surface area contributed by atoms with Crippen LogP contribution in [0.1, 0.15) is 42.0 Å². The molecule has 0 aromatic heterocycles. The monoisotopic (exact) mass is 281 g/mol. The molecule has 2 aromatic rings. The van der Waals surface area contributed by atoms with Gasteiger partial charge in [0.2, 0.25) is 0 Å². The summed E-state index contributed by atoms with van der Waals surface area (Å²) in [6, 6.07) is 15.6. The topological polar surface area (TPSA) is 55.5 Å². The Bertz CT molecular complexity index is 680. The van der Waals surface area contributed by atoms with Crippen LogP contribution in [0.5, 0.6) is 5.75 Å². The quantitative estimate of drug-likeness (QED) is 0.909. The molecule has 2 aliphatic carbocycles. The van der Waals surface area contributed by atoms with E-state index in [4.69, 9.17) is 10.5 Å². The van der Waals surface area contributed by atoms with Gasteiger partial charge in [-0.1, -0.05) is 36.4 Å². The first kappa shape index (κ1) is 12.9. The van der Waals surface area contributed by atoms with Crippen LogP contribution >= 0.6 is 0 Å². The first-order valence-corrected chi connectivity index (χ1v) is 7.51. The van der Waals surface area contributed by atoms with E-state index in [0.717, 1.165) is 35.3 Å². The molecule has 0 spiro atoms. The summed E-state index contributed by atoms with van der Waals surface area (Å²) in [4.78, 5) is 0. The summed E-state index contributed by atoms with van der Waals surface area (Å²) < 4.78 is 5.84. The van der Waals surface area contributed by atoms with E-state index < -0.39 is 5.60 Å². The highest BCUT2D eigenvalue weighted by molar-refractivity contribution is 5.48. The summed E-state index contributed by atoms with van der Waals surface area (Å²) in [5, 5.41) is 11.2. The maximum absolute atomic E-state index is 11.2. The van der Waals surface area contributed by atoms with Gasteiger partial charge in [0.05, 0.1) is 6.10 Å². The van der Waals surface area contributed by atoms with Gasteiger partial charge in [-0.3, -0.25) is 0 Å². The lowest BCUT2D eigenvalue weighted by molar-refractivity contribution is 0.0772. The molecule has 108 valence electrons. The number of aliphatic hydroxyl groups is 1. The Morgan fingerprint density at radius 1 is 1.10 bits per heavy atom. The molecule has 1 fully saturated rings. The molecule has 3 nitrogen and oxygen atoms in total. The SMILES string of the molecule is NC1CC(O)(c2cccc(OC3CC3)c2)c2ccccc21. The molecule has 0 bridgehead atoms. The van der Waals surface area contributed by atoms with Crippen molar-refractivity contribution < 1.29 is 9.84 Å². The van der Waals surface area contributed by atoms with Gasteiger partial charge in [-0.15, -0.1) is 0 Å². The highest BCUT2D eigenvalue weighted by atomic mass is 16.5. The lowest BCUT2D eigenvalue weighted by Gasteiger charge is -2.25. The van der Waals surface area contributed by atoms with E-state index in [-0.39, 0.29) is 6.04 Å². The maximum atomic E-state index is 11.2. The molecule has 3 heteroatoms. The van der Waals surface area contributed by atoms with Crippen LogP contribution in [-0.2, 0) is 5.60 Å². The lowest BCUT2D eigenvalue weighted by Crippen LogP contribution is -2.25. The summed E-state index contributed by atoms with van der Waals surface area (Å²) >= 11 is 0. The molecular formula is C18H19NO2. The third-order valence-corrected chi connectivity index (χ3v) is 4.46. The van der Waals surface area contributed by atoms with E-state index >= 15 is 0 Å². The Morgan fingerprint density at radius 2 is 1.90 bits per heavy atom. The van der Waals surface area contributed by atoms with Crippen molar-refractivity contribution in [2.24, 2.45) is 5.73 Å². The highest BCUT2D eigenvalue weighted by Crippen LogP contribution is 2.46. The zero-order valence-corrected chi connectivity index (χ0v) is 11.8. The second-order valence-corrected chi connectivity index (χ2v) is 6.10. The summed E-state index contributed by atoms with van der Waals surface area (Å²) in [6.07, 6.45) is 3.12. The number of ether oxygens (including phenoxy) is 1. The molecule has 3 N–H and O–H groups in total. The van der Waals surface area contributed by atoms with Gasteiger partial charge in [-0.25, -0.2) is 0 Å². The molecule has 0 heterocycles. The van der Waals surface area contributed by atoms with E-state index in [1.54, 1.807) is 0 Å². The normalized spacial score (nSPS) is 27.4. The zero-order valence-electron chi connectivity index (χ0n) is 11.8. The Balaban J connectivity index is 1.75. The predicted octanol–water partition coefficient (Wildman–Crippen LogP) is 2.87. The Hall–Kier alpha value is -1.84. The van der Waals surface area contributed by atoms with Crippen LogP contribution < -0.4 is 10.5 Å². The molecule has 2 aromatic carbocycles. The summed E-state index contributed by atoms with van der Waals surface area (Å²) in [5.41, 5.74) is 8.00. The number of benzene rings is 2. The van der Waals surface area contributed by atoms with Gasteiger partial charge < -0.3 is 15.6 Å². The number of fused-ring (bicyclic) bond motifs is 1. The van der Waals surface area contributed by atoms with Gasteiger partial charge in [0, 0.05) is 12.5 Å². The first-order chi connectivity index (χ1) is 10.2. The van der Waals surface area contributed by atoms with Crippen molar-refractivity contribution in [3.05, 3.63) is 65.2 Å². The molecule has 2 unspecified atom stereocenters. The minimum absolute atomic E-state index is 0.126. The van der Waals surface area contributed by atoms with E-state index in [1.807, 2.05) is 48.5 Å². The van der Waals surface area contributed by atoms with E-state index in [2.05, 4.69) is 0 Å². The number of rotatable bonds is 3. The number of hydrogen-bond donors (Lipinski definition) is 2. The van der Waals surface area contributed by atoms with Gasteiger partial charge in [0.25, 0.3) is 0 Å². The highest BCUT2D eigenvalue weighted by Gasteiger charge is 2.42. The first-order valence-electron chi connectivity index (χ1n) is 7.51. The Labute approximate surface area is 124 Å². The lowest BCUT2D eigenvalue weighted by atomic mass is 9.88. The molecule has 1 saturated carbocycles. The fourth-order valence-electron chi connectivity index (χ4n) is 3.21. The predicted molar refractivity (Wildman–Crippen MR) is 81.1 cm³/mol. The van der Waals surface area contributed by atoms with Crippen molar-refractivity contribution in [3.63, 3.8) is 0 Å². The van der Waals surface area contributed by atoms with Crippen molar-refractivity contribution in [1.82, 2.24) is 0 Å². The molecular weight excluding hydrogens is 262 g/mol. The number of hydrogen-bond acceptors (Lipinski definition) is 3. The van der Waals surface area contributed by atoms with Gasteiger partial charge in [0.15, 0.2) is 0 Å². The van der Waals surface area contributed by atoms with Crippen LogP contribution in [-0.4, -0.2) is 11.2 Å². The van der Waals surface area contributed by atoms with E-state index in [9.17, 15) is 5.11 Å². The average Bonchev–Trinajstić information content (AvgIpc) is 3.27. The molecule has 21 heavy (non-hydrogen) atoms. The van der Waals surface area contributed by atoms with Crippen LogP contribution in [0.2, 0.25) is 0 Å². The second kappa shape index (κ2) is 4.58. The molecule has 4 rings (SSSR count). The molecule has 0 amide bonds. The van der Waals surface area contributed by atoms with Crippen molar-refractivity contribution in [1.29, 1.82) is 0 Å². The fourth-order valence-corrected chi connectivity index (χ4v) is 3.21. The van der Waals surface area contributed by atoms with Crippen molar-refractivity contribution in [3.8, 4) is 5.75 Å². The molecule has 0 aliphatic heterocycles. The van der Waals surface area contributed by atoms with Gasteiger partial charge >= 0.3 is 0 Å². The largest absolute Gasteiger partial charge is 0.490 e. The summed E-state index contributed by atoms with van der Waals surface area (Å²) in [5.74, 6) is 0.835. The van der Waals surface area contributed by atoms with Crippen molar-refractivity contribution in [2.75, 3.05) is 0 Å². The van der Waals surface area contributed by atoms with Crippen molar-refractivity contribution in [2.45, 2.75) is 37.0 Å². The van der Waals surface area contributed by atoms with Crippen molar-refractivity contribution >= 4 is 0 Å². The van der Waals surface area contributed by atoms with Crippen LogP contribution in [0.15, 0.2) is 48.5 Å². The number of nitrogens with two attached hydrogens (primary N) is 1. The van der Waals surface area contributed by atoms with E-state index in [0.29, 0.717) is 12.5 Å². The minimum atomic E-state index is -1.01. The third kappa shape index (κ3) is 2.13. The summed E-state index contributed by atoms with van der Waals surface area (Å²) in [7, 11) is 0. The second-order valence-electron chi connectivity index (χ2n) is 6.10. The molecule has 0 radical (unpaired) electrons. The van der Waals surface area contributed by atoms with Gasteiger partial charge in [-0.05, 0) is 41.7 Å². The molecule has 2 atom stereocenters. The third-order valence-electron chi connectivity index (χ3n) is 4.46. The van der Waals surface area contributed by atoms with Gasteiger partial charge in [-0.2, -0.15) is 0 Å². The Morgan fingerprint density at radius 3 is 2.71 bits per heavy atom. The van der Waals surface area contributed by atoms with E-state index in [1.165, 1.54) is 0 Å². The maximum Gasteiger partial charge on any atom is 0.120 e. The van der Waals surface area contributed by atoms with Crippen LogP contribution in [0, 0.1) is 0 Å². The standard InChI is InChI=1S/C18H19NO2/c19-17-11-18(20,16-7-2-1-6-15(16)17)12-4-3-5-14(10-12)21-13-8-9-13/h1-7,10,13,17,20H,8-9,11,19H2. The molecule has 0 saturated heterocycles.